The van der Waals surface area contributed by atoms with Crippen LogP contribution in [0.3, 0.4) is 0 Å². The minimum Gasteiger partial charge on any atom is -0.370 e. The summed E-state index contributed by atoms with van der Waals surface area (Å²) in [5, 5.41) is 0. The van der Waals surface area contributed by atoms with Crippen LogP contribution in [0.1, 0.15) is 39.0 Å². The molecule has 1 atom stereocenters. The molecule has 3 nitrogen and oxygen atoms in total. The predicted molar refractivity (Wildman–Crippen MR) is 57.3 cm³/mol. The molecule has 0 saturated heterocycles. The lowest BCUT2D eigenvalue weighted by Gasteiger charge is -2.17. The van der Waals surface area contributed by atoms with Gasteiger partial charge in [0.2, 0.25) is 5.91 Å². The Labute approximate surface area is 85.1 Å². The van der Waals surface area contributed by atoms with E-state index in [1.165, 1.54) is 18.4 Å². The van der Waals surface area contributed by atoms with E-state index < -0.39 is 0 Å². The molecule has 14 heavy (non-hydrogen) atoms. The van der Waals surface area contributed by atoms with E-state index in [9.17, 15) is 4.79 Å². The van der Waals surface area contributed by atoms with Crippen molar-refractivity contribution in [1.29, 1.82) is 0 Å². The van der Waals surface area contributed by atoms with Gasteiger partial charge in [-0.05, 0) is 36.6 Å². The van der Waals surface area contributed by atoms with Gasteiger partial charge in [-0.3, -0.25) is 4.79 Å². The van der Waals surface area contributed by atoms with Crippen molar-refractivity contribution in [3.8, 4) is 0 Å². The molecule has 1 amide bonds. The first-order chi connectivity index (χ1) is 6.68. The van der Waals surface area contributed by atoms with Crippen LogP contribution in [0.5, 0.6) is 0 Å². The molecule has 3 heteroatoms. The fraction of sp³-hybridized carbons (Fsp3) is 0.727. The number of hydrogen-bond acceptors (Lipinski definition) is 2. The van der Waals surface area contributed by atoms with Crippen molar-refractivity contribution in [3.63, 3.8) is 0 Å². The summed E-state index contributed by atoms with van der Waals surface area (Å²) in [7, 11) is 0. The van der Waals surface area contributed by atoms with Crippen LogP contribution in [-0.4, -0.2) is 18.3 Å². The van der Waals surface area contributed by atoms with Crippen molar-refractivity contribution in [2.24, 2.45) is 16.6 Å². The first-order valence-electron chi connectivity index (χ1n) is 5.24. The third-order valence-electron chi connectivity index (χ3n) is 2.48. The molecule has 1 aliphatic carbocycles. The highest BCUT2D eigenvalue weighted by Gasteiger charge is 2.11. The van der Waals surface area contributed by atoms with Gasteiger partial charge in [-0.25, -0.2) is 4.99 Å². The molecule has 0 aliphatic heterocycles. The highest BCUT2D eigenvalue weighted by Crippen LogP contribution is 2.25. The molecule has 0 aromatic heterocycles. The second kappa shape index (κ2) is 5.61. The number of hydrogen-bond donors (Lipinski definition) is 1. The fourth-order valence-electron chi connectivity index (χ4n) is 1.72. The largest absolute Gasteiger partial charge is 0.370 e. The Morgan fingerprint density at radius 2 is 2.50 bits per heavy atom. The zero-order valence-corrected chi connectivity index (χ0v) is 8.75. The van der Waals surface area contributed by atoms with Gasteiger partial charge in [-0.2, -0.15) is 0 Å². The molecule has 0 heterocycles. The Kier molecular flexibility index (Phi) is 4.41. The lowest BCUT2D eigenvalue weighted by Crippen LogP contribution is -2.11. The Bertz CT molecular complexity index is 264. The molecule has 0 bridgehead atoms. The molecular weight excluding hydrogens is 176 g/mol. The smallest absolute Gasteiger partial charge is 0.219 e. The standard InChI is InChI=1S/C11H18N2O/c1-9-3-2-4-10(7-9)8-13-6-5-11(12)14/h9H,2-7H2,1H3,(H2,12,14). The van der Waals surface area contributed by atoms with Gasteiger partial charge >= 0.3 is 0 Å². The van der Waals surface area contributed by atoms with Crippen LogP contribution in [0.2, 0.25) is 0 Å². The molecule has 1 rings (SSSR count). The second-order valence-electron chi connectivity index (χ2n) is 4.01. The molecule has 78 valence electrons. The van der Waals surface area contributed by atoms with E-state index in [1.54, 1.807) is 0 Å². The van der Waals surface area contributed by atoms with Crippen LogP contribution in [0.25, 0.3) is 0 Å². The minimum absolute atomic E-state index is 0.294. The van der Waals surface area contributed by atoms with Gasteiger partial charge in [0.15, 0.2) is 0 Å². The van der Waals surface area contributed by atoms with Crippen LogP contribution in [-0.2, 0) is 4.79 Å². The monoisotopic (exact) mass is 194 g/mol. The van der Waals surface area contributed by atoms with Crippen molar-refractivity contribution >= 4 is 11.8 Å². The summed E-state index contributed by atoms with van der Waals surface area (Å²) < 4.78 is 0. The topological polar surface area (TPSA) is 55.4 Å². The van der Waals surface area contributed by atoms with Crippen molar-refractivity contribution in [3.05, 3.63) is 5.57 Å². The number of nitrogens with two attached hydrogens (primary N) is 1. The van der Waals surface area contributed by atoms with Gasteiger partial charge in [0.1, 0.15) is 0 Å². The first kappa shape index (κ1) is 11.0. The van der Waals surface area contributed by atoms with E-state index in [0.29, 0.717) is 13.0 Å². The quantitative estimate of drug-likeness (QED) is 0.683. The lowest BCUT2D eigenvalue weighted by atomic mass is 9.88. The highest BCUT2D eigenvalue weighted by atomic mass is 16.1. The van der Waals surface area contributed by atoms with E-state index in [0.717, 1.165) is 18.8 Å². The van der Waals surface area contributed by atoms with Crippen LogP contribution >= 0.6 is 0 Å². The summed E-state index contributed by atoms with van der Waals surface area (Å²) >= 11 is 0. The number of carbonyl (C=O) groups excluding carboxylic acids is 1. The molecular formula is C11H18N2O. The van der Waals surface area contributed by atoms with Crippen LogP contribution in [0, 0.1) is 5.92 Å². The molecule has 2 N–H and O–H groups in total. The van der Waals surface area contributed by atoms with Crippen molar-refractivity contribution in [1.82, 2.24) is 0 Å². The van der Waals surface area contributed by atoms with E-state index in [1.807, 2.05) is 0 Å². The van der Waals surface area contributed by atoms with Gasteiger partial charge in [0.25, 0.3) is 0 Å². The minimum atomic E-state index is -0.294. The molecule has 1 saturated carbocycles. The Balaban J connectivity index is 2.37. The van der Waals surface area contributed by atoms with Crippen LogP contribution in [0.4, 0.5) is 0 Å². The summed E-state index contributed by atoms with van der Waals surface area (Å²) in [5.74, 6) is 3.51. The van der Waals surface area contributed by atoms with Gasteiger partial charge in [-0.15, -0.1) is 0 Å². The summed E-state index contributed by atoms with van der Waals surface area (Å²) in [4.78, 5) is 14.5. The van der Waals surface area contributed by atoms with Crippen molar-refractivity contribution in [2.45, 2.75) is 39.0 Å². The summed E-state index contributed by atoms with van der Waals surface area (Å²) in [6, 6.07) is 0. The van der Waals surface area contributed by atoms with Gasteiger partial charge < -0.3 is 5.73 Å². The molecule has 0 spiro atoms. The van der Waals surface area contributed by atoms with Crippen LogP contribution in [0.15, 0.2) is 10.6 Å². The number of carbonyl (C=O) groups is 1. The van der Waals surface area contributed by atoms with E-state index in [-0.39, 0.29) is 5.91 Å². The summed E-state index contributed by atoms with van der Waals surface area (Å²) in [5.41, 5.74) is 6.30. The zero-order chi connectivity index (χ0) is 10.4. The summed E-state index contributed by atoms with van der Waals surface area (Å²) in [6.45, 7) is 2.73. The Hall–Kier alpha value is -1.08. The molecule has 0 aromatic carbocycles. The SMILES string of the molecule is CC1CCCC(=C=NCCC(N)=O)C1. The number of amides is 1. The fourth-order valence-corrected chi connectivity index (χ4v) is 1.72. The highest BCUT2D eigenvalue weighted by molar-refractivity contribution is 5.74. The maximum atomic E-state index is 10.4. The van der Waals surface area contributed by atoms with Gasteiger partial charge in [0.05, 0.1) is 6.54 Å². The maximum Gasteiger partial charge on any atom is 0.219 e. The molecule has 1 aliphatic rings. The third kappa shape index (κ3) is 4.24. The molecule has 1 unspecified atom stereocenters. The molecule has 0 radical (unpaired) electrons. The summed E-state index contributed by atoms with van der Waals surface area (Å²) in [6.07, 6.45) is 5.11. The van der Waals surface area contributed by atoms with E-state index in [4.69, 9.17) is 5.73 Å². The third-order valence-corrected chi connectivity index (χ3v) is 2.48. The number of primary amides is 1. The van der Waals surface area contributed by atoms with Crippen molar-refractivity contribution < 1.29 is 4.79 Å². The Morgan fingerprint density at radius 3 is 3.14 bits per heavy atom. The normalized spacial score (nSPS) is 21.5. The number of allylic oxidation sites excluding steroid dienone is 1. The first-order valence-corrected chi connectivity index (χ1v) is 5.24. The molecule has 1 fully saturated rings. The average molecular weight is 194 g/mol. The molecule has 0 aromatic rings. The maximum absolute atomic E-state index is 10.4. The number of nitrogens with zero attached hydrogens (tertiary/aromatic N) is 1. The van der Waals surface area contributed by atoms with E-state index in [2.05, 4.69) is 17.8 Å². The number of aliphatic imine (C=N–C) groups is 1. The van der Waals surface area contributed by atoms with Crippen LogP contribution < -0.4 is 5.73 Å². The lowest BCUT2D eigenvalue weighted by molar-refractivity contribution is -0.117. The van der Waals surface area contributed by atoms with Gasteiger partial charge in [0, 0.05) is 6.42 Å². The zero-order valence-electron chi connectivity index (χ0n) is 8.75. The number of rotatable bonds is 3. The Morgan fingerprint density at radius 1 is 1.71 bits per heavy atom. The average Bonchev–Trinajstić information content (AvgIpc) is 2.12. The second-order valence-corrected chi connectivity index (χ2v) is 4.01. The van der Waals surface area contributed by atoms with Crippen molar-refractivity contribution in [2.75, 3.05) is 6.54 Å². The van der Waals surface area contributed by atoms with Gasteiger partial charge in [-0.1, -0.05) is 13.3 Å². The van der Waals surface area contributed by atoms with E-state index >= 15 is 0 Å². The predicted octanol–water partition coefficient (Wildman–Crippen LogP) is 1.67.